The van der Waals surface area contributed by atoms with Crippen molar-refractivity contribution in [2.24, 2.45) is 0 Å². The van der Waals surface area contributed by atoms with Gasteiger partial charge in [0.25, 0.3) is 0 Å². The molecule has 0 bridgehead atoms. The molecule has 3 aromatic heterocycles. The van der Waals surface area contributed by atoms with E-state index in [1.165, 1.54) is 28.9 Å². The van der Waals surface area contributed by atoms with E-state index in [4.69, 9.17) is 0 Å². The van der Waals surface area contributed by atoms with Gasteiger partial charge >= 0.3 is 5.56 Å². The normalized spacial score (nSPS) is 15.9. The summed E-state index contributed by atoms with van der Waals surface area (Å²) in [5.74, 6) is -0.303. The maximum atomic E-state index is 13.4. The number of nitrogens with zero attached hydrogens (tertiary/aromatic N) is 5. The van der Waals surface area contributed by atoms with Crippen LogP contribution < -0.4 is 5.56 Å². The Kier molecular flexibility index (Phi) is 5.62. The van der Waals surface area contributed by atoms with E-state index < -0.39 is 15.6 Å². The molecule has 0 radical (unpaired) electrons. The monoisotopic (exact) mass is 485 g/mol. The average Bonchev–Trinajstić information content (AvgIpc) is 3.15. The summed E-state index contributed by atoms with van der Waals surface area (Å²) in [6.45, 7) is 3.07. The van der Waals surface area contributed by atoms with Crippen molar-refractivity contribution in [2.45, 2.75) is 13.1 Å². The van der Waals surface area contributed by atoms with Gasteiger partial charge in [-0.05, 0) is 29.3 Å². The number of hydrogen-bond donors (Lipinski definition) is 1. The molecule has 4 aromatic rings. The maximum absolute atomic E-state index is 13.4. The second kappa shape index (κ2) is 8.49. The van der Waals surface area contributed by atoms with E-state index in [-0.39, 0.29) is 11.3 Å². The molecule has 0 aliphatic carbocycles. The van der Waals surface area contributed by atoms with Gasteiger partial charge in [0, 0.05) is 62.4 Å². The number of sulfonamides is 1. The molecular formula is C23H24FN5O4S. The van der Waals surface area contributed by atoms with Crippen molar-refractivity contribution < 1.29 is 18.0 Å². The Hall–Kier alpha value is -3.28. The molecule has 34 heavy (non-hydrogen) atoms. The molecule has 4 heterocycles. The predicted molar refractivity (Wildman–Crippen MR) is 126 cm³/mol. The van der Waals surface area contributed by atoms with E-state index in [0.717, 1.165) is 22.0 Å². The van der Waals surface area contributed by atoms with E-state index in [1.807, 2.05) is 10.8 Å². The summed E-state index contributed by atoms with van der Waals surface area (Å²) in [5, 5.41) is 11.3. The lowest BCUT2D eigenvalue weighted by molar-refractivity contribution is 0.176. The van der Waals surface area contributed by atoms with Crippen LogP contribution in [0.1, 0.15) is 11.1 Å². The van der Waals surface area contributed by atoms with Gasteiger partial charge in [-0.1, -0.05) is 12.1 Å². The third-order valence-electron chi connectivity index (χ3n) is 6.29. The van der Waals surface area contributed by atoms with Crippen molar-refractivity contribution in [3.8, 4) is 0 Å². The van der Waals surface area contributed by atoms with Crippen LogP contribution in [0.3, 0.4) is 0 Å². The molecule has 178 valence electrons. The first-order valence-corrected chi connectivity index (χ1v) is 12.7. The lowest BCUT2D eigenvalue weighted by Crippen LogP contribution is -2.47. The summed E-state index contributed by atoms with van der Waals surface area (Å²) in [7, 11) is -3.22. The SMILES string of the molecule is CS(=O)(=O)N1CCN(Cc2cn(Cc3ccc(F)cc3)c3cnc4c(=O)n(O)ccc4c23)CC1. The molecule has 1 saturated heterocycles. The topological polar surface area (TPSA) is 101 Å². The lowest BCUT2D eigenvalue weighted by Gasteiger charge is -2.33. The Morgan fingerprint density at radius 1 is 1.06 bits per heavy atom. The van der Waals surface area contributed by atoms with E-state index in [1.54, 1.807) is 24.4 Å². The second-order valence-electron chi connectivity index (χ2n) is 8.59. The molecule has 0 atom stereocenters. The molecule has 11 heteroatoms. The third-order valence-corrected chi connectivity index (χ3v) is 7.60. The zero-order chi connectivity index (χ0) is 24.0. The highest BCUT2D eigenvalue weighted by Gasteiger charge is 2.25. The van der Waals surface area contributed by atoms with Crippen LogP contribution in [-0.2, 0) is 23.1 Å². The van der Waals surface area contributed by atoms with Crippen molar-refractivity contribution in [1.82, 2.24) is 23.5 Å². The molecule has 0 amide bonds. The third kappa shape index (κ3) is 4.17. The zero-order valence-electron chi connectivity index (χ0n) is 18.6. The number of fused-ring (bicyclic) bond motifs is 3. The van der Waals surface area contributed by atoms with Gasteiger partial charge in [-0.3, -0.25) is 9.69 Å². The van der Waals surface area contributed by atoms with Crippen molar-refractivity contribution in [3.63, 3.8) is 0 Å². The zero-order valence-corrected chi connectivity index (χ0v) is 19.4. The van der Waals surface area contributed by atoms with Crippen LogP contribution in [0.5, 0.6) is 0 Å². The standard InChI is InChI=1S/C23H24FN5O4S/c1-34(32,33)28-10-8-26(9-11-28)14-17-15-27(13-16-2-4-18(24)5-3-16)20-12-25-22-19(21(17)20)6-7-29(31)23(22)30/h2-7,12,15,31H,8-11,13-14H2,1H3. The van der Waals surface area contributed by atoms with Crippen molar-refractivity contribution in [1.29, 1.82) is 0 Å². The van der Waals surface area contributed by atoms with Crippen LogP contribution >= 0.6 is 0 Å². The largest absolute Gasteiger partial charge is 0.425 e. The van der Waals surface area contributed by atoms with Gasteiger partial charge in [-0.15, -0.1) is 0 Å². The number of aromatic nitrogens is 3. The fourth-order valence-electron chi connectivity index (χ4n) is 4.55. The Morgan fingerprint density at radius 3 is 2.44 bits per heavy atom. The highest BCUT2D eigenvalue weighted by Crippen LogP contribution is 2.29. The van der Waals surface area contributed by atoms with Gasteiger partial charge in [-0.2, -0.15) is 9.04 Å². The molecule has 1 aromatic carbocycles. The average molecular weight is 486 g/mol. The first kappa shape index (κ1) is 22.5. The quantitative estimate of drug-likeness (QED) is 0.433. The van der Waals surface area contributed by atoms with Gasteiger partial charge in [0.05, 0.1) is 18.0 Å². The lowest BCUT2D eigenvalue weighted by atomic mass is 10.1. The minimum absolute atomic E-state index is 0.167. The number of benzene rings is 1. The highest BCUT2D eigenvalue weighted by atomic mass is 32.2. The van der Waals surface area contributed by atoms with Crippen LogP contribution in [0.15, 0.2) is 53.7 Å². The number of piperazine rings is 1. The molecule has 0 spiro atoms. The number of pyridine rings is 2. The summed E-state index contributed by atoms with van der Waals surface area (Å²) < 4.78 is 41.1. The first-order valence-electron chi connectivity index (χ1n) is 10.8. The molecule has 1 aliphatic rings. The Balaban J connectivity index is 1.56. The summed E-state index contributed by atoms with van der Waals surface area (Å²) in [6, 6.07) is 7.95. The van der Waals surface area contributed by atoms with Crippen molar-refractivity contribution >= 4 is 31.8 Å². The summed E-state index contributed by atoms with van der Waals surface area (Å²) in [4.78, 5) is 19.0. The Bertz CT molecular complexity index is 1540. The molecule has 1 fully saturated rings. The van der Waals surface area contributed by atoms with Crippen LogP contribution in [0, 0.1) is 5.82 Å². The molecule has 5 rings (SSSR count). The molecule has 1 N–H and O–H groups in total. The van der Waals surface area contributed by atoms with Gasteiger partial charge in [0.2, 0.25) is 10.0 Å². The fourth-order valence-corrected chi connectivity index (χ4v) is 5.37. The van der Waals surface area contributed by atoms with Crippen LogP contribution in [0.2, 0.25) is 0 Å². The van der Waals surface area contributed by atoms with E-state index in [0.29, 0.717) is 49.4 Å². The van der Waals surface area contributed by atoms with Crippen molar-refractivity contribution in [3.05, 3.63) is 76.2 Å². The minimum atomic E-state index is -3.22. The van der Waals surface area contributed by atoms with E-state index in [2.05, 4.69) is 9.88 Å². The van der Waals surface area contributed by atoms with Crippen molar-refractivity contribution in [2.75, 3.05) is 32.4 Å². The minimum Gasteiger partial charge on any atom is -0.425 e. The second-order valence-corrected chi connectivity index (χ2v) is 10.6. The predicted octanol–water partition coefficient (Wildman–Crippen LogP) is 1.85. The Labute approximate surface area is 195 Å². The molecule has 0 unspecified atom stereocenters. The number of hydrogen-bond acceptors (Lipinski definition) is 6. The maximum Gasteiger partial charge on any atom is 0.309 e. The fraction of sp³-hybridized carbons (Fsp3) is 0.304. The van der Waals surface area contributed by atoms with Crippen LogP contribution in [-0.4, -0.2) is 69.5 Å². The van der Waals surface area contributed by atoms with Gasteiger partial charge in [-0.25, -0.2) is 17.8 Å². The number of halogens is 1. The molecular weight excluding hydrogens is 461 g/mol. The molecule has 0 saturated carbocycles. The van der Waals surface area contributed by atoms with Crippen LogP contribution in [0.25, 0.3) is 21.8 Å². The summed E-state index contributed by atoms with van der Waals surface area (Å²) in [5.41, 5.74) is 2.26. The highest BCUT2D eigenvalue weighted by molar-refractivity contribution is 7.88. The summed E-state index contributed by atoms with van der Waals surface area (Å²) >= 11 is 0. The number of rotatable bonds is 5. The van der Waals surface area contributed by atoms with Crippen LogP contribution in [0.4, 0.5) is 4.39 Å². The van der Waals surface area contributed by atoms with Gasteiger partial charge in [0.1, 0.15) is 11.3 Å². The summed E-state index contributed by atoms with van der Waals surface area (Å²) in [6.07, 6.45) is 6.15. The van der Waals surface area contributed by atoms with E-state index in [9.17, 15) is 22.8 Å². The molecule has 1 aliphatic heterocycles. The molecule has 9 nitrogen and oxygen atoms in total. The first-order chi connectivity index (χ1) is 16.2. The van der Waals surface area contributed by atoms with Gasteiger partial charge < -0.3 is 9.77 Å². The van der Waals surface area contributed by atoms with Gasteiger partial charge in [0.15, 0.2) is 0 Å². The smallest absolute Gasteiger partial charge is 0.309 e. The Morgan fingerprint density at radius 2 is 1.76 bits per heavy atom. The van der Waals surface area contributed by atoms with E-state index >= 15 is 0 Å².